The van der Waals surface area contributed by atoms with Crippen LogP contribution in [0.25, 0.3) is 10.9 Å². The summed E-state index contributed by atoms with van der Waals surface area (Å²) in [4.78, 5) is 46.7. The van der Waals surface area contributed by atoms with Crippen LogP contribution >= 0.6 is 0 Å². The molecule has 3 heterocycles. The topological polar surface area (TPSA) is 121 Å². The number of aromatic amines is 1. The molecule has 3 N–H and O–H groups in total. The van der Waals surface area contributed by atoms with Gasteiger partial charge in [-0.05, 0) is 28.8 Å². The Balaban J connectivity index is 1.35. The van der Waals surface area contributed by atoms with Gasteiger partial charge in [-0.1, -0.05) is 91.0 Å². The van der Waals surface area contributed by atoms with Crippen molar-refractivity contribution in [3.63, 3.8) is 0 Å². The summed E-state index contributed by atoms with van der Waals surface area (Å²) in [5, 5.41) is 15.2. The molecule has 0 spiro atoms. The monoisotopic (exact) mass is 615 g/mol. The minimum Gasteiger partial charge on any atom is -0.493 e. The molecule has 2 saturated heterocycles. The third-order valence-electron chi connectivity index (χ3n) is 9.25. The number of aliphatic carboxylic acids is 1. The van der Waals surface area contributed by atoms with Crippen LogP contribution in [-0.4, -0.2) is 45.4 Å². The number of carbonyl (C=O) groups is 3. The number of methoxy groups -OCH3 is 1. The molecule has 7 rings (SSSR count). The smallest absolute Gasteiger partial charge is 0.325 e. The number of hydrogen-bond donors (Lipinski definition) is 3. The van der Waals surface area contributed by atoms with E-state index in [2.05, 4.69) is 10.3 Å². The van der Waals surface area contributed by atoms with Crippen molar-refractivity contribution in [1.29, 1.82) is 0 Å². The predicted molar refractivity (Wildman–Crippen MR) is 171 cm³/mol. The molecule has 2 amide bonds. The van der Waals surface area contributed by atoms with Gasteiger partial charge in [-0.2, -0.15) is 0 Å². The number of carboxylic acids is 1. The minimum absolute atomic E-state index is 0.0214. The van der Waals surface area contributed by atoms with Gasteiger partial charge in [-0.3, -0.25) is 24.6 Å². The standard InChI is InChI=1S/C37H33N3O6/c1-45-29-18-10-16-27(33(29)46-22-24-13-6-3-7-14-24)32-30-31(35(42)40(34(30)41)21-23-11-4-2-5-12-23)37(39-32,36(43)44)19-25-20-38-28-17-9-8-15-26(25)28/h2-18,20,30-32,38-39H,19,21-22H2,1H3,(H,43,44). The number of ether oxygens (including phenoxy) is 2. The molecule has 9 nitrogen and oxygen atoms in total. The number of aromatic nitrogens is 1. The Morgan fingerprint density at radius 2 is 1.57 bits per heavy atom. The number of nitrogens with zero attached hydrogens (tertiary/aromatic N) is 1. The highest BCUT2D eigenvalue weighted by molar-refractivity contribution is 6.09. The second kappa shape index (κ2) is 11.8. The lowest BCUT2D eigenvalue weighted by atomic mass is 9.76. The molecule has 9 heteroatoms. The van der Waals surface area contributed by atoms with Crippen molar-refractivity contribution in [3.8, 4) is 11.5 Å². The van der Waals surface area contributed by atoms with Crippen LogP contribution in [0.5, 0.6) is 11.5 Å². The highest BCUT2D eigenvalue weighted by atomic mass is 16.5. The van der Waals surface area contributed by atoms with Crippen molar-refractivity contribution in [2.24, 2.45) is 11.8 Å². The maximum absolute atomic E-state index is 14.3. The molecule has 4 aromatic carbocycles. The lowest BCUT2D eigenvalue weighted by molar-refractivity contribution is -0.151. The number of fused-ring (bicyclic) bond motifs is 2. The van der Waals surface area contributed by atoms with E-state index in [-0.39, 0.29) is 19.6 Å². The number of hydrogen-bond acceptors (Lipinski definition) is 6. The summed E-state index contributed by atoms with van der Waals surface area (Å²) in [7, 11) is 1.53. The van der Waals surface area contributed by atoms with E-state index in [1.807, 2.05) is 84.9 Å². The quantitative estimate of drug-likeness (QED) is 0.183. The van der Waals surface area contributed by atoms with Gasteiger partial charge in [-0.15, -0.1) is 0 Å². The van der Waals surface area contributed by atoms with Crippen molar-refractivity contribution in [1.82, 2.24) is 15.2 Å². The summed E-state index contributed by atoms with van der Waals surface area (Å²) in [5.74, 6) is -3.47. The van der Waals surface area contributed by atoms with Crippen LogP contribution < -0.4 is 14.8 Å². The fraction of sp³-hybridized carbons (Fsp3) is 0.216. The second-order valence-corrected chi connectivity index (χ2v) is 11.8. The van der Waals surface area contributed by atoms with Gasteiger partial charge < -0.3 is 19.6 Å². The summed E-state index contributed by atoms with van der Waals surface area (Å²) in [6.45, 7) is 0.276. The molecule has 1 aromatic heterocycles. The number of likely N-dealkylation sites (tertiary alicyclic amines) is 1. The van der Waals surface area contributed by atoms with E-state index in [4.69, 9.17) is 9.47 Å². The summed E-state index contributed by atoms with van der Waals surface area (Å²) < 4.78 is 12.0. The van der Waals surface area contributed by atoms with Crippen LogP contribution in [0, 0.1) is 11.8 Å². The molecule has 4 atom stereocenters. The normalized spacial score (nSPS) is 22.3. The highest BCUT2D eigenvalue weighted by Gasteiger charge is 2.68. The molecule has 5 aromatic rings. The maximum atomic E-state index is 14.3. The minimum atomic E-state index is -1.79. The molecule has 0 aliphatic carbocycles. The van der Waals surface area contributed by atoms with Crippen LogP contribution in [0.3, 0.4) is 0 Å². The molecule has 0 saturated carbocycles. The Bertz CT molecular complexity index is 1920. The average Bonchev–Trinajstić information content (AvgIpc) is 3.73. The van der Waals surface area contributed by atoms with Gasteiger partial charge in [0.2, 0.25) is 11.8 Å². The number of carboxylic acid groups (broad SMARTS) is 1. The Morgan fingerprint density at radius 3 is 2.28 bits per heavy atom. The number of rotatable bonds is 10. The van der Waals surface area contributed by atoms with E-state index in [0.717, 1.165) is 27.6 Å². The second-order valence-electron chi connectivity index (χ2n) is 11.8. The van der Waals surface area contributed by atoms with E-state index in [0.29, 0.717) is 17.1 Å². The fourth-order valence-corrected chi connectivity index (χ4v) is 7.09. The zero-order chi connectivity index (χ0) is 31.8. The van der Waals surface area contributed by atoms with Gasteiger partial charge in [-0.25, -0.2) is 0 Å². The van der Waals surface area contributed by atoms with E-state index in [1.54, 1.807) is 24.4 Å². The highest BCUT2D eigenvalue weighted by Crippen LogP contribution is 2.53. The van der Waals surface area contributed by atoms with Crippen LogP contribution in [0.15, 0.2) is 109 Å². The van der Waals surface area contributed by atoms with E-state index in [1.165, 1.54) is 12.0 Å². The Labute approximate surface area is 265 Å². The predicted octanol–water partition coefficient (Wildman–Crippen LogP) is 5.27. The van der Waals surface area contributed by atoms with Crippen molar-refractivity contribution in [2.45, 2.75) is 31.2 Å². The first-order chi connectivity index (χ1) is 22.4. The van der Waals surface area contributed by atoms with Gasteiger partial charge >= 0.3 is 5.97 Å². The lowest BCUT2D eigenvalue weighted by Crippen LogP contribution is -2.57. The van der Waals surface area contributed by atoms with E-state index >= 15 is 0 Å². The van der Waals surface area contributed by atoms with Crippen molar-refractivity contribution >= 4 is 28.7 Å². The van der Waals surface area contributed by atoms with Crippen molar-refractivity contribution in [3.05, 3.63) is 132 Å². The first-order valence-electron chi connectivity index (χ1n) is 15.2. The van der Waals surface area contributed by atoms with Gasteiger partial charge in [0.25, 0.3) is 0 Å². The van der Waals surface area contributed by atoms with Crippen molar-refractivity contribution in [2.75, 3.05) is 7.11 Å². The number of amides is 2. The number of imide groups is 1. The third kappa shape index (κ3) is 4.89. The first-order valence-corrected chi connectivity index (χ1v) is 15.2. The number of carbonyl (C=O) groups excluding carboxylic acids is 2. The molecule has 2 aliphatic heterocycles. The number of para-hydroxylation sites is 2. The van der Waals surface area contributed by atoms with Gasteiger partial charge in [0.1, 0.15) is 12.1 Å². The average molecular weight is 616 g/mol. The van der Waals surface area contributed by atoms with Crippen LogP contribution in [0.1, 0.15) is 28.3 Å². The fourth-order valence-electron chi connectivity index (χ4n) is 7.09. The Kier molecular flexibility index (Phi) is 7.54. The largest absolute Gasteiger partial charge is 0.493 e. The lowest BCUT2D eigenvalue weighted by Gasteiger charge is -2.31. The molecular formula is C37H33N3O6. The third-order valence-corrected chi connectivity index (χ3v) is 9.25. The Morgan fingerprint density at radius 1 is 0.870 bits per heavy atom. The SMILES string of the molecule is COc1cccc(C2NC(Cc3c[nH]c4ccccc34)(C(=O)O)C3C(=O)N(Cc4ccccc4)C(=O)C23)c1OCc1ccccc1. The summed E-state index contributed by atoms with van der Waals surface area (Å²) in [6, 6.07) is 31.0. The summed E-state index contributed by atoms with van der Waals surface area (Å²) >= 11 is 0. The molecule has 46 heavy (non-hydrogen) atoms. The number of benzene rings is 4. The number of nitrogens with one attached hydrogen (secondary N) is 2. The Hall–Kier alpha value is -5.41. The van der Waals surface area contributed by atoms with Crippen LogP contribution in [0.2, 0.25) is 0 Å². The van der Waals surface area contributed by atoms with Crippen LogP contribution in [-0.2, 0) is 34.0 Å². The molecular weight excluding hydrogens is 582 g/mol. The summed E-state index contributed by atoms with van der Waals surface area (Å²) in [5.41, 5.74) is 2.05. The van der Waals surface area contributed by atoms with E-state index < -0.39 is 41.2 Å². The van der Waals surface area contributed by atoms with Crippen molar-refractivity contribution < 1.29 is 29.0 Å². The zero-order valence-electron chi connectivity index (χ0n) is 25.2. The van der Waals surface area contributed by atoms with Gasteiger partial charge in [0.05, 0.1) is 25.5 Å². The number of H-pyrrole nitrogens is 1. The van der Waals surface area contributed by atoms with Crippen LogP contribution in [0.4, 0.5) is 0 Å². The molecule has 0 radical (unpaired) electrons. The molecule has 2 fully saturated rings. The summed E-state index contributed by atoms with van der Waals surface area (Å²) in [6.07, 6.45) is 1.76. The molecule has 232 valence electrons. The van der Waals surface area contributed by atoms with Gasteiger partial charge in [0.15, 0.2) is 11.5 Å². The molecule has 2 aliphatic rings. The zero-order valence-corrected chi connectivity index (χ0v) is 25.2. The maximum Gasteiger partial charge on any atom is 0.325 e. The molecule has 4 unspecified atom stereocenters. The van der Waals surface area contributed by atoms with Gasteiger partial charge in [0, 0.05) is 35.1 Å². The van der Waals surface area contributed by atoms with E-state index in [9.17, 15) is 19.5 Å². The molecule has 0 bridgehead atoms. The first kappa shape index (κ1) is 29.3.